The topological polar surface area (TPSA) is 52.3 Å². The first kappa shape index (κ1) is 19.1. The second-order valence-electron chi connectivity index (χ2n) is 8.29. The number of fused-ring (bicyclic) bond motifs is 1. The highest BCUT2D eigenvalue weighted by atomic mass is 16.5. The lowest BCUT2D eigenvalue weighted by Crippen LogP contribution is -2.20. The lowest BCUT2D eigenvalue weighted by Gasteiger charge is -2.23. The Kier molecular flexibility index (Phi) is 5.59. The Hall–Kier alpha value is -2.69. The summed E-state index contributed by atoms with van der Waals surface area (Å²) in [6, 6.07) is 15.8. The fraction of sp³-hybridized carbons (Fsp3) is 0.409. The Morgan fingerprint density at radius 3 is 2.48 bits per heavy atom. The summed E-state index contributed by atoms with van der Waals surface area (Å²) < 4.78 is 7.12. The van der Waals surface area contributed by atoms with E-state index in [1.807, 2.05) is 53.2 Å². The number of hydrogen-bond donors (Lipinski definition) is 0. The number of aliphatic imine (C=N–C) groups is 1. The van der Waals surface area contributed by atoms with Gasteiger partial charge in [-0.2, -0.15) is 4.68 Å². The Morgan fingerprint density at radius 2 is 1.81 bits per heavy atom. The van der Waals surface area contributed by atoms with Crippen molar-refractivity contribution in [1.29, 1.82) is 0 Å². The predicted octanol–water partition coefficient (Wildman–Crippen LogP) is 5.48. The second-order valence-corrected chi connectivity index (χ2v) is 8.29. The van der Waals surface area contributed by atoms with Crippen molar-refractivity contribution in [3.8, 4) is 5.75 Å². The van der Waals surface area contributed by atoms with Crippen LogP contribution in [0.2, 0.25) is 0 Å². The molecule has 0 spiro atoms. The van der Waals surface area contributed by atoms with E-state index in [2.05, 4.69) is 38.0 Å². The van der Waals surface area contributed by atoms with Crippen molar-refractivity contribution in [2.45, 2.75) is 40.5 Å². The molecule has 0 amide bonds. The Morgan fingerprint density at radius 1 is 1.11 bits per heavy atom. The standard InChI is InChI=1S/C22H28N4O/c1-16(15-22(2,3)4)14-21(23-17-10-12-18(27-5)13-11-17)26-20-9-7-6-8-19(20)24-25-26/h6-13,16H,14-15H2,1-5H3. The van der Waals surface area contributed by atoms with E-state index in [1.54, 1.807) is 7.11 Å². The van der Waals surface area contributed by atoms with Gasteiger partial charge in [0.05, 0.1) is 18.3 Å². The Labute approximate surface area is 161 Å². The lowest BCUT2D eigenvalue weighted by atomic mass is 9.84. The third-order valence-corrected chi connectivity index (χ3v) is 4.42. The fourth-order valence-electron chi connectivity index (χ4n) is 3.47. The van der Waals surface area contributed by atoms with Crippen LogP contribution in [-0.4, -0.2) is 27.9 Å². The van der Waals surface area contributed by atoms with Gasteiger partial charge < -0.3 is 4.74 Å². The van der Waals surface area contributed by atoms with Crippen LogP contribution in [0, 0.1) is 11.3 Å². The Bertz CT molecular complexity index is 919. The van der Waals surface area contributed by atoms with E-state index in [9.17, 15) is 0 Å². The molecule has 0 saturated heterocycles. The zero-order valence-corrected chi connectivity index (χ0v) is 16.8. The van der Waals surface area contributed by atoms with Crippen molar-refractivity contribution < 1.29 is 4.74 Å². The van der Waals surface area contributed by atoms with Gasteiger partial charge in [0.15, 0.2) is 0 Å². The molecule has 0 aliphatic rings. The molecule has 1 heterocycles. The maximum atomic E-state index is 5.25. The smallest absolute Gasteiger partial charge is 0.133 e. The van der Waals surface area contributed by atoms with Gasteiger partial charge in [0.25, 0.3) is 0 Å². The maximum Gasteiger partial charge on any atom is 0.133 e. The molecule has 2 aromatic carbocycles. The summed E-state index contributed by atoms with van der Waals surface area (Å²) in [6.45, 7) is 9.09. The third kappa shape index (κ3) is 4.94. The summed E-state index contributed by atoms with van der Waals surface area (Å²) in [7, 11) is 1.67. The van der Waals surface area contributed by atoms with Crippen molar-refractivity contribution >= 4 is 22.6 Å². The molecule has 0 fully saturated rings. The van der Waals surface area contributed by atoms with Gasteiger partial charge in [-0.3, -0.25) is 0 Å². The molecule has 0 radical (unpaired) electrons. The van der Waals surface area contributed by atoms with Crippen LogP contribution in [0.4, 0.5) is 5.69 Å². The summed E-state index contributed by atoms with van der Waals surface area (Å²) >= 11 is 0. The molecule has 1 atom stereocenters. The summed E-state index contributed by atoms with van der Waals surface area (Å²) in [5, 5.41) is 8.69. The van der Waals surface area contributed by atoms with Crippen LogP contribution >= 0.6 is 0 Å². The van der Waals surface area contributed by atoms with Crippen molar-refractivity contribution in [1.82, 2.24) is 15.0 Å². The van der Waals surface area contributed by atoms with Gasteiger partial charge in [-0.25, -0.2) is 4.99 Å². The molecule has 142 valence electrons. The van der Waals surface area contributed by atoms with E-state index < -0.39 is 0 Å². The number of nitrogens with zero attached hydrogens (tertiary/aromatic N) is 4. The highest BCUT2D eigenvalue weighted by Crippen LogP contribution is 2.28. The number of benzene rings is 2. The number of hydrogen-bond acceptors (Lipinski definition) is 4. The van der Waals surface area contributed by atoms with E-state index in [0.717, 1.165) is 41.1 Å². The van der Waals surface area contributed by atoms with Crippen LogP contribution < -0.4 is 4.74 Å². The quantitative estimate of drug-likeness (QED) is 0.445. The number of aromatic nitrogens is 3. The van der Waals surface area contributed by atoms with Crippen LogP contribution in [-0.2, 0) is 0 Å². The summed E-state index contributed by atoms with van der Waals surface area (Å²) in [5.41, 5.74) is 3.01. The van der Waals surface area contributed by atoms with Gasteiger partial charge in [0.1, 0.15) is 17.1 Å². The van der Waals surface area contributed by atoms with Crippen LogP contribution in [0.1, 0.15) is 40.5 Å². The van der Waals surface area contributed by atoms with Crippen molar-refractivity contribution in [2.24, 2.45) is 16.3 Å². The predicted molar refractivity (Wildman–Crippen MR) is 111 cm³/mol. The van der Waals surface area contributed by atoms with Gasteiger partial charge >= 0.3 is 0 Å². The van der Waals surface area contributed by atoms with Gasteiger partial charge in [-0.05, 0) is 54.2 Å². The molecule has 0 N–H and O–H groups in total. The normalized spacial score (nSPS) is 13.7. The molecule has 5 nitrogen and oxygen atoms in total. The van der Waals surface area contributed by atoms with E-state index >= 15 is 0 Å². The van der Waals surface area contributed by atoms with Crippen molar-refractivity contribution in [3.63, 3.8) is 0 Å². The molecular weight excluding hydrogens is 336 g/mol. The molecule has 27 heavy (non-hydrogen) atoms. The minimum Gasteiger partial charge on any atom is -0.497 e. The molecular formula is C22H28N4O. The van der Waals surface area contributed by atoms with E-state index in [0.29, 0.717) is 5.92 Å². The molecule has 3 aromatic rings. The number of rotatable bonds is 5. The van der Waals surface area contributed by atoms with Crippen molar-refractivity contribution in [3.05, 3.63) is 48.5 Å². The number of para-hydroxylation sites is 1. The van der Waals surface area contributed by atoms with Crippen molar-refractivity contribution in [2.75, 3.05) is 7.11 Å². The van der Waals surface area contributed by atoms with E-state index in [4.69, 9.17) is 9.73 Å². The molecule has 3 rings (SSSR count). The largest absolute Gasteiger partial charge is 0.497 e. The third-order valence-electron chi connectivity index (χ3n) is 4.42. The van der Waals surface area contributed by atoms with Crippen LogP contribution in [0.25, 0.3) is 11.0 Å². The first-order chi connectivity index (χ1) is 12.9. The average Bonchev–Trinajstić information content (AvgIpc) is 3.04. The molecule has 0 bridgehead atoms. The minimum atomic E-state index is 0.273. The van der Waals surface area contributed by atoms with Gasteiger partial charge in [0.2, 0.25) is 0 Å². The zero-order chi connectivity index (χ0) is 19.4. The highest BCUT2D eigenvalue weighted by Gasteiger charge is 2.19. The first-order valence-electron chi connectivity index (χ1n) is 9.38. The highest BCUT2D eigenvalue weighted by molar-refractivity contribution is 5.93. The summed E-state index contributed by atoms with van der Waals surface area (Å²) in [5.74, 6) is 2.21. The first-order valence-corrected chi connectivity index (χ1v) is 9.38. The minimum absolute atomic E-state index is 0.273. The molecule has 1 aromatic heterocycles. The average molecular weight is 364 g/mol. The van der Waals surface area contributed by atoms with Crippen LogP contribution in [0.3, 0.4) is 0 Å². The number of methoxy groups -OCH3 is 1. The second kappa shape index (κ2) is 7.91. The SMILES string of the molecule is COc1ccc(N=C(CC(C)CC(C)(C)C)n2nnc3ccccc32)cc1. The van der Waals surface area contributed by atoms with Gasteiger partial charge in [0, 0.05) is 6.42 Å². The molecule has 1 unspecified atom stereocenters. The lowest BCUT2D eigenvalue weighted by molar-refractivity contribution is 0.311. The van der Waals surface area contributed by atoms with E-state index in [-0.39, 0.29) is 5.41 Å². The van der Waals surface area contributed by atoms with Gasteiger partial charge in [-0.1, -0.05) is 45.0 Å². The van der Waals surface area contributed by atoms with Crippen LogP contribution in [0.15, 0.2) is 53.5 Å². The molecule has 0 saturated carbocycles. The van der Waals surface area contributed by atoms with Crippen LogP contribution in [0.5, 0.6) is 5.75 Å². The van der Waals surface area contributed by atoms with Gasteiger partial charge in [-0.15, -0.1) is 5.10 Å². The molecule has 0 aliphatic heterocycles. The summed E-state index contributed by atoms with van der Waals surface area (Å²) in [6.07, 6.45) is 1.94. The Balaban J connectivity index is 1.98. The molecule has 0 aliphatic carbocycles. The zero-order valence-electron chi connectivity index (χ0n) is 16.8. The van der Waals surface area contributed by atoms with E-state index in [1.165, 1.54) is 0 Å². The summed E-state index contributed by atoms with van der Waals surface area (Å²) in [4.78, 5) is 4.92. The number of ether oxygens (including phenoxy) is 1. The monoisotopic (exact) mass is 364 g/mol. The maximum absolute atomic E-state index is 5.25. The molecule has 5 heteroatoms. The fourth-order valence-corrected chi connectivity index (χ4v) is 3.47.